The van der Waals surface area contributed by atoms with Gasteiger partial charge in [0.15, 0.2) is 0 Å². The third-order valence-corrected chi connectivity index (χ3v) is 1.97. The molecule has 72 valence electrons. The second kappa shape index (κ2) is 3.76. The Morgan fingerprint density at radius 1 is 1.92 bits per heavy atom. The van der Waals surface area contributed by atoms with E-state index in [-0.39, 0.29) is 6.42 Å². The lowest BCUT2D eigenvalue weighted by Gasteiger charge is -2.09. The number of aromatic nitrogens is 2. The van der Waals surface area contributed by atoms with E-state index in [0.717, 1.165) is 0 Å². The Bertz CT molecular complexity index is 304. The number of nitrogens with two attached hydrogens (primary N) is 1. The van der Waals surface area contributed by atoms with Crippen LogP contribution in [-0.2, 0) is 11.8 Å². The molecule has 5 nitrogen and oxygen atoms in total. The van der Waals surface area contributed by atoms with E-state index >= 15 is 0 Å². The molecule has 0 aliphatic heterocycles. The summed E-state index contributed by atoms with van der Waals surface area (Å²) in [5.74, 6) is -0.954. The van der Waals surface area contributed by atoms with Crippen molar-refractivity contribution in [2.45, 2.75) is 12.5 Å². The van der Waals surface area contributed by atoms with Gasteiger partial charge in [0.1, 0.15) is 0 Å². The van der Waals surface area contributed by atoms with E-state index in [9.17, 15) is 4.79 Å². The first-order valence-electron chi connectivity index (χ1n) is 3.67. The van der Waals surface area contributed by atoms with Gasteiger partial charge in [-0.2, -0.15) is 5.10 Å². The largest absolute Gasteiger partial charge is 0.481 e. The fourth-order valence-corrected chi connectivity index (χ4v) is 1.43. The molecular weight excluding hydrogens is 194 g/mol. The lowest BCUT2D eigenvalue weighted by molar-refractivity contribution is -0.137. The van der Waals surface area contributed by atoms with Gasteiger partial charge < -0.3 is 10.8 Å². The van der Waals surface area contributed by atoms with E-state index in [0.29, 0.717) is 10.7 Å². The van der Waals surface area contributed by atoms with E-state index in [4.69, 9.17) is 22.4 Å². The third kappa shape index (κ3) is 2.19. The van der Waals surface area contributed by atoms with Gasteiger partial charge in [0.05, 0.1) is 29.4 Å². The van der Waals surface area contributed by atoms with Crippen molar-refractivity contribution in [3.63, 3.8) is 0 Å². The Morgan fingerprint density at radius 2 is 2.54 bits per heavy atom. The van der Waals surface area contributed by atoms with Crippen molar-refractivity contribution in [2.75, 3.05) is 0 Å². The number of nitrogens with zero attached hydrogens (tertiary/aromatic N) is 2. The molecular formula is C7H10ClN3O2. The molecule has 1 heterocycles. The molecule has 0 aliphatic rings. The van der Waals surface area contributed by atoms with Crippen molar-refractivity contribution in [3.8, 4) is 0 Å². The van der Waals surface area contributed by atoms with Crippen LogP contribution in [0.4, 0.5) is 0 Å². The fourth-order valence-electron chi connectivity index (χ4n) is 1.12. The van der Waals surface area contributed by atoms with Crippen LogP contribution in [0.1, 0.15) is 18.2 Å². The molecule has 1 atom stereocenters. The summed E-state index contributed by atoms with van der Waals surface area (Å²) in [7, 11) is 1.67. The van der Waals surface area contributed by atoms with Crippen molar-refractivity contribution >= 4 is 17.6 Å². The zero-order valence-electron chi connectivity index (χ0n) is 7.07. The van der Waals surface area contributed by atoms with Crippen LogP contribution in [0.5, 0.6) is 0 Å². The average Bonchev–Trinajstić information content (AvgIpc) is 2.29. The van der Waals surface area contributed by atoms with Crippen molar-refractivity contribution < 1.29 is 9.90 Å². The van der Waals surface area contributed by atoms with Gasteiger partial charge in [0, 0.05) is 7.05 Å². The monoisotopic (exact) mass is 203 g/mol. The Kier molecular flexibility index (Phi) is 2.90. The molecule has 0 fully saturated rings. The highest BCUT2D eigenvalue weighted by Gasteiger charge is 2.17. The maximum Gasteiger partial charge on any atom is 0.305 e. The van der Waals surface area contributed by atoms with E-state index in [2.05, 4.69) is 5.10 Å². The van der Waals surface area contributed by atoms with Crippen LogP contribution in [0.3, 0.4) is 0 Å². The predicted octanol–water partition coefficient (Wildman–Crippen LogP) is 0.548. The highest BCUT2D eigenvalue weighted by atomic mass is 35.5. The van der Waals surface area contributed by atoms with Crippen LogP contribution in [0.15, 0.2) is 6.20 Å². The summed E-state index contributed by atoms with van der Waals surface area (Å²) in [5, 5.41) is 12.8. The fraction of sp³-hybridized carbons (Fsp3) is 0.429. The van der Waals surface area contributed by atoms with E-state index < -0.39 is 12.0 Å². The molecule has 1 rings (SSSR count). The van der Waals surface area contributed by atoms with Crippen LogP contribution < -0.4 is 5.73 Å². The molecule has 0 bridgehead atoms. The minimum atomic E-state index is -0.954. The number of carbonyl (C=O) groups is 1. The number of halogens is 1. The van der Waals surface area contributed by atoms with Crippen molar-refractivity contribution in [2.24, 2.45) is 12.8 Å². The molecule has 0 radical (unpaired) electrons. The number of hydrogen-bond acceptors (Lipinski definition) is 3. The smallest absolute Gasteiger partial charge is 0.305 e. The maximum absolute atomic E-state index is 10.4. The molecule has 0 saturated carbocycles. The molecule has 0 unspecified atom stereocenters. The summed E-state index contributed by atoms with van der Waals surface area (Å²) in [6.07, 6.45) is 1.29. The summed E-state index contributed by atoms with van der Waals surface area (Å²) < 4.78 is 1.48. The first kappa shape index (κ1) is 10.0. The molecule has 0 amide bonds. The number of aliphatic carboxylic acids is 1. The summed E-state index contributed by atoms with van der Waals surface area (Å²) in [6, 6.07) is -0.613. The van der Waals surface area contributed by atoms with Crippen molar-refractivity contribution in [1.82, 2.24) is 9.78 Å². The van der Waals surface area contributed by atoms with Gasteiger partial charge >= 0.3 is 5.97 Å². The van der Waals surface area contributed by atoms with Crippen LogP contribution in [0.2, 0.25) is 5.02 Å². The average molecular weight is 204 g/mol. The molecule has 0 spiro atoms. The first-order valence-corrected chi connectivity index (χ1v) is 4.05. The summed E-state index contributed by atoms with van der Waals surface area (Å²) in [4.78, 5) is 10.4. The summed E-state index contributed by atoms with van der Waals surface area (Å²) >= 11 is 5.77. The summed E-state index contributed by atoms with van der Waals surface area (Å²) in [6.45, 7) is 0. The molecule has 13 heavy (non-hydrogen) atoms. The normalized spacial score (nSPS) is 12.8. The molecule has 0 saturated heterocycles. The third-order valence-electron chi connectivity index (χ3n) is 1.68. The Morgan fingerprint density at radius 3 is 2.92 bits per heavy atom. The highest BCUT2D eigenvalue weighted by molar-refractivity contribution is 6.31. The first-order chi connectivity index (χ1) is 6.02. The Balaban J connectivity index is 2.87. The Labute approximate surface area is 80.1 Å². The van der Waals surface area contributed by atoms with E-state index in [1.54, 1.807) is 7.05 Å². The summed E-state index contributed by atoms with van der Waals surface area (Å²) in [5.41, 5.74) is 6.16. The lowest BCUT2D eigenvalue weighted by atomic mass is 10.1. The second-order valence-electron chi connectivity index (χ2n) is 2.71. The standard InChI is InChI=1S/C7H10ClN3O2/c1-11-7(4(8)3-10-11)5(9)2-6(12)13/h3,5H,2,9H2,1H3,(H,12,13)/t5-/m0/s1. The van der Waals surface area contributed by atoms with Crippen LogP contribution in [0, 0.1) is 0 Å². The van der Waals surface area contributed by atoms with E-state index in [1.807, 2.05) is 0 Å². The molecule has 1 aromatic heterocycles. The zero-order chi connectivity index (χ0) is 10.0. The molecule has 6 heteroatoms. The van der Waals surface area contributed by atoms with Gasteiger partial charge in [-0.15, -0.1) is 0 Å². The van der Waals surface area contributed by atoms with Gasteiger partial charge in [-0.3, -0.25) is 9.48 Å². The molecule has 1 aromatic rings. The maximum atomic E-state index is 10.4. The quantitative estimate of drug-likeness (QED) is 0.752. The molecule has 0 aliphatic carbocycles. The van der Waals surface area contributed by atoms with Gasteiger partial charge in [-0.25, -0.2) is 0 Å². The van der Waals surface area contributed by atoms with Gasteiger partial charge in [0.25, 0.3) is 0 Å². The van der Waals surface area contributed by atoms with Crippen LogP contribution in [0.25, 0.3) is 0 Å². The topological polar surface area (TPSA) is 81.1 Å². The minimum Gasteiger partial charge on any atom is -0.481 e. The molecule has 3 N–H and O–H groups in total. The lowest BCUT2D eigenvalue weighted by Crippen LogP contribution is -2.18. The number of hydrogen-bond donors (Lipinski definition) is 2. The number of rotatable bonds is 3. The van der Waals surface area contributed by atoms with Gasteiger partial charge in [-0.1, -0.05) is 11.6 Å². The van der Waals surface area contributed by atoms with Crippen LogP contribution in [-0.4, -0.2) is 20.9 Å². The highest BCUT2D eigenvalue weighted by Crippen LogP contribution is 2.22. The minimum absolute atomic E-state index is 0.154. The number of aryl methyl sites for hydroxylation is 1. The zero-order valence-corrected chi connectivity index (χ0v) is 7.82. The SMILES string of the molecule is Cn1ncc(Cl)c1[C@@H](N)CC(=O)O. The predicted molar refractivity (Wildman–Crippen MR) is 47.4 cm³/mol. The molecule has 0 aromatic carbocycles. The van der Waals surface area contributed by atoms with Crippen molar-refractivity contribution in [3.05, 3.63) is 16.9 Å². The van der Waals surface area contributed by atoms with Crippen LogP contribution >= 0.6 is 11.6 Å². The van der Waals surface area contributed by atoms with E-state index in [1.165, 1.54) is 10.9 Å². The number of carboxylic acid groups (broad SMARTS) is 1. The number of carboxylic acids is 1. The Hall–Kier alpha value is -1.07. The second-order valence-corrected chi connectivity index (χ2v) is 3.11. The van der Waals surface area contributed by atoms with Gasteiger partial charge in [-0.05, 0) is 0 Å². The van der Waals surface area contributed by atoms with Gasteiger partial charge in [0.2, 0.25) is 0 Å². The van der Waals surface area contributed by atoms with Crippen molar-refractivity contribution in [1.29, 1.82) is 0 Å².